The molecular weight excluding hydrogens is 402 g/mol. The molecule has 1 aromatic carbocycles. The van der Waals surface area contributed by atoms with Crippen molar-refractivity contribution in [1.29, 1.82) is 0 Å². The fourth-order valence-corrected chi connectivity index (χ4v) is 4.11. The molecule has 2 aromatic rings. The average molecular weight is 430 g/mol. The normalized spacial score (nSPS) is 15.3. The molecule has 2 amide bonds. The van der Waals surface area contributed by atoms with Crippen LogP contribution in [0.15, 0.2) is 48.8 Å². The molecule has 1 aromatic heterocycles. The van der Waals surface area contributed by atoms with E-state index in [0.717, 1.165) is 31.2 Å². The lowest BCUT2D eigenvalue weighted by molar-refractivity contribution is -0.140. The number of ether oxygens (including phenoxy) is 1. The molecule has 7 heteroatoms. The lowest BCUT2D eigenvalue weighted by Crippen LogP contribution is -2.47. The largest absolute Gasteiger partial charge is 0.496 e. The van der Waals surface area contributed by atoms with Gasteiger partial charge in [0.05, 0.1) is 13.7 Å². The standard InChI is InChI=1S/C23H28ClN3O3/c1-30-20-12-6-5-8-18(20)16-27(21(28)14-24)22(17-9-7-13-25-15-17)23(29)26-19-10-3-2-4-11-19/h5-9,12-13,15,19,22H,2-4,10-11,14,16H2,1H3,(H,26,29)/t22-/m1/s1. The number of nitrogens with zero attached hydrogens (tertiary/aromatic N) is 2. The van der Waals surface area contributed by atoms with E-state index in [2.05, 4.69) is 10.3 Å². The van der Waals surface area contributed by atoms with Crippen molar-refractivity contribution in [1.82, 2.24) is 15.2 Å². The van der Waals surface area contributed by atoms with E-state index in [1.165, 1.54) is 11.3 Å². The van der Waals surface area contributed by atoms with Gasteiger partial charge in [0, 0.05) is 29.6 Å². The summed E-state index contributed by atoms with van der Waals surface area (Å²) >= 11 is 5.94. The Hall–Kier alpha value is -2.60. The zero-order valence-corrected chi connectivity index (χ0v) is 18.0. The number of alkyl halides is 1. The molecule has 0 saturated heterocycles. The van der Waals surface area contributed by atoms with Crippen LogP contribution in [0.25, 0.3) is 0 Å². The molecule has 1 N–H and O–H groups in total. The van der Waals surface area contributed by atoms with E-state index in [-0.39, 0.29) is 30.3 Å². The van der Waals surface area contributed by atoms with Crippen LogP contribution >= 0.6 is 11.6 Å². The smallest absolute Gasteiger partial charge is 0.247 e. The number of nitrogens with one attached hydrogen (secondary N) is 1. The summed E-state index contributed by atoms with van der Waals surface area (Å²) in [5.41, 5.74) is 1.46. The van der Waals surface area contributed by atoms with E-state index in [9.17, 15) is 9.59 Å². The average Bonchev–Trinajstić information content (AvgIpc) is 2.79. The van der Waals surface area contributed by atoms with Crippen LogP contribution < -0.4 is 10.1 Å². The van der Waals surface area contributed by atoms with Crippen molar-refractivity contribution < 1.29 is 14.3 Å². The van der Waals surface area contributed by atoms with Crippen molar-refractivity contribution in [2.24, 2.45) is 0 Å². The topological polar surface area (TPSA) is 71.5 Å². The van der Waals surface area contributed by atoms with Gasteiger partial charge in [-0.2, -0.15) is 0 Å². The Balaban J connectivity index is 1.94. The van der Waals surface area contributed by atoms with Crippen LogP contribution in [-0.4, -0.2) is 40.7 Å². The summed E-state index contributed by atoms with van der Waals surface area (Å²) in [6, 6.07) is 10.3. The van der Waals surface area contributed by atoms with Crippen LogP contribution in [0.3, 0.4) is 0 Å². The van der Waals surface area contributed by atoms with Crippen LogP contribution in [0.4, 0.5) is 0 Å². The third-order valence-corrected chi connectivity index (χ3v) is 5.71. The number of hydrogen-bond donors (Lipinski definition) is 1. The highest BCUT2D eigenvalue weighted by Gasteiger charge is 2.33. The Morgan fingerprint density at radius 1 is 1.20 bits per heavy atom. The molecule has 0 radical (unpaired) electrons. The minimum Gasteiger partial charge on any atom is -0.496 e. The van der Waals surface area contributed by atoms with Gasteiger partial charge in [-0.1, -0.05) is 43.5 Å². The van der Waals surface area contributed by atoms with Gasteiger partial charge in [-0.15, -0.1) is 11.6 Å². The monoisotopic (exact) mass is 429 g/mol. The van der Waals surface area contributed by atoms with Crippen molar-refractivity contribution in [3.63, 3.8) is 0 Å². The van der Waals surface area contributed by atoms with Crippen LogP contribution in [-0.2, 0) is 16.1 Å². The number of methoxy groups -OCH3 is 1. The Kier molecular flexibility index (Phi) is 8.08. The molecule has 160 valence electrons. The quantitative estimate of drug-likeness (QED) is 0.647. The first-order chi connectivity index (χ1) is 14.6. The zero-order valence-electron chi connectivity index (χ0n) is 17.2. The molecule has 1 aliphatic rings. The first-order valence-electron chi connectivity index (χ1n) is 10.3. The Morgan fingerprint density at radius 3 is 2.63 bits per heavy atom. The van der Waals surface area contributed by atoms with Crippen LogP contribution in [0.1, 0.15) is 49.3 Å². The zero-order chi connectivity index (χ0) is 21.3. The highest BCUT2D eigenvalue weighted by atomic mass is 35.5. The van der Waals surface area contributed by atoms with Crippen LogP contribution in [0, 0.1) is 0 Å². The molecule has 1 fully saturated rings. The number of aromatic nitrogens is 1. The van der Waals surface area contributed by atoms with Crippen molar-refractivity contribution in [3.05, 3.63) is 59.9 Å². The first-order valence-corrected chi connectivity index (χ1v) is 10.8. The lowest BCUT2D eigenvalue weighted by atomic mass is 9.94. The minimum atomic E-state index is -0.822. The number of rotatable bonds is 8. The molecule has 1 atom stereocenters. The van der Waals surface area contributed by atoms with E-state index in [4.69, 9.17) is 16.3 Å². The summed E-state index contributed by atoms with van der Waals surface area (Å²) in [7, 11) is 1.58. The van der Waals surface area contributed by atoms with Gasteiger partial charge >= 0.3 is 0 Å². The van der Waals surface area contributed by atoms with Gasteiger partial charge in [0.2, 0.25) is 11.8 Å². The molecule has 0 bridgehead atoms. The molecule has 0 spiro atoms. The predicted molar refractivity (Wildman–Crippen MR) is 116 cm³/mol. The lowest BCUT2D eigenvalue weighted by Gasteiger charge is -2.33. The summed E-state index contributed by atoms with van der Waals surface area (Å²) in [4.78, 5) is 32.0. The second-order valence-electron chi connectivity index (χ2n) is 7.50. The van der Waals surface area contributed by atoms with Crippen LogP contribution in [0.2, 0.25) is 0 Å². The van der Waals surface area contributed by atoms with Crippen LogP contribution in [0.5, 0.6) is 5.75 Å². The van der Waals surface area contributed by atoms with E-state index in [0.29, 0.717) is 11.3 Å². The van der Waals surface area contributed by atoms with Gasteiger partial charge in [-0.25, -0.2) is 0 Å². The molecule has 0 aliphatic heterocycles. The number of carbonyl (C=O) groups excluding carboxylic acids is 2. The minimum absolute atomic E-state index is 0.129. The van der Waals surface area contributed by atoms with Gasteiger partial charge in [0.1, 0.15) is 17.7 Å². The molecular formula is C23H28ClN3O3. The molecule has 1 aliphatic carbocycles. The van der Waals surface area contributed by atoms with Gasteiger partial charge in [0.15, 0.2) is 0 Å². The van der Waals surface area contributed by atoms with Gasteiger partial charge in [0.25, 0.3) is 0 Å². The highest BCUT2D eigenvalue weighted by Crippen LogP contribution is 2.28. The summed E-state index contributed by atoms with van der Waals surface area (Å²) in [6.45, 7) is 0.202. The van der Waals surface area contributed by atoms with Gasteiger partial charge in [-0.05, 0) is 25.0 Å². The Labute approximate surface area is 182 Å². The number of carbonyl (C=O) groups is 2. The number of para-hydroxylation sites is 1. The number of pyridine rings is 1. The van der Waals surface area contributed by atoms with Crippen molar-refractivity contribution in [3.8, 4) is 5.75 Å². The summed E-state index contributed by atoms with van der Waals surface area (Å²) in [5, 5.41) is 3.16. The third kappa shape index (κ3) is 5.51. The number of hydrogen-bond acceptors (Lipinski definition) is 4. The SMILES string of the molecule is COc1ccccc1CN(C(=O)CCl)[C@@H](C(=O)NC1CCCCC1)c1cccnc1. The molecule has 6 nitrogen and oxygen atoms in total. The van der Waals surface area contributed by atoms with Crippen molar-refractivity contribution >= 4 is 23.4 Å². The predicted octanol–water partition coefficient (Wildman–Crippen LogP) is 3.85. The molecule has 0 unspecified atom stereocenters. The van der Waals surface area contributed by atoms with E-state index in [1.807, 2.05) is 30.3 Å². The highest BCUT2D eigenvalue weighted by molar-refractivity contribution is 6.27. The third-order valence-electron chi connectivity index (χ3n) is 5.48. The Bertz CT molecular complexity index is 841. The maximum atomic E-state index is 13.4. The number of amides is 2. The van der Waals surface area contributed by atoms with Gasteiger partial charge < -0.3 is 15.0 Å². The summed E-state index contributed by atoms with van der Waals surface area (Å²) in [5.74, 6) is -0.0937. The number of benzene rings is 1. The van der Waals surface area contributed by atoms with E-state index >= 15 is 0 Å². The number of halogens is 1. The van der Waals surface area contributed by atoms with E-state index < -0.39 is 6.04 Å². The maximum absolute atomic E-state index is 13.4. The van der Waals surface area contributed by atoms with Gasteiger partial charge in [-0.3, -0.25) is 14.6 Å². The van der Waals surface area contributed by atoms with Crippen molar-refractivity contribution in [2.45, 2.75) is 50.7 Å². The fourth-order valence-electron chi connectivity index (χ4n) is 3.95. The fraction of sp³-hybridized carbons (Fsp3) is 0.435. The second-order valence-corrected chi connectivity index (χ2v) is 7.77. The molecule has 30 heavy (non-hydrogen) atoms. The summed E-state index contributed by atoms with van der Waals surface area (Å²) < 4.78 is 5.44. The molecule has 1 saturated carbocycles. The maximum Gasteiger partial charge on any atom is 0.247 e. The second kappa shape index (κ2) is 11.0. The Morgan fingerprint density at radius 2 is 1.97 bits per heavy atom. The molecule has 1 heterocycles. The first kappa shape index (κ1) is 22.1. The van der Waals surface area contributed by atoms with E-state index in [1.54, 1.807) is 25.6 Å². The van der Waals surface area contributed by atoms with Crippen molar-refractivity contribution in [2.75, 3.05) is 13.0 Å². The summed E-state index contributed by atoms with van der Waals surface area (Å²) in [6.07, 6.45) is 8.60. The molecule has 3 rings (SSSR count).